The largest absolute Gasteiger partial charge is 0.497 e. The molecule has 1 aromatic heterocycles. The third-order valence-corrected chi connectivity index (χ3v) is 4.98. The second kappa shape index (κ2) is 8.35. The zero-order valence-corrected chi connectivity index (χ0v) is 16.2. The highest BCUT2D eigenvalue weighted by atomic mass is 16.5. The van der Waals surface area contributed by atoms with Crippen LogP contribution in [-0.4, -0.2) is 60.0 Å². The number of nitrogens with zero attached hydrogens (tertiary/aromatic N) is 4. The van der Waals surface area contributed by atoms with E-state index in [4.69, 9.17) is 10.5 Å². The van der Waals surface area contributed by atoms with Gasteiger partial charge in [-0.1, -0.05) is 18.6 Å². The molecule has 0 radical (unpaired) electrons. The van der Waals surface area contributed by atoms with Crippen LogP contribution in [0, 0.1) is 0 Å². The average molecular weight is 369 g/mol. The number of rotatable bonds is 5. The van der Waals surface area contributed by atoms with Crippen molar-refractivity contribution in [2.75, 3.05) is 40.0 Å². The van der Waals surface area contributed by atoms with Crippen molar-refractivity contribution in [3.05, 3.63) is 36.2 Å². The molecule has 144 valence electrons. The summed E-state index contributed by atoms with van der Waals surface area (Å²) < 4.78 is 5.36. The van der Waals surface area contributed by atoms with E-state index >= 15 is 0 Å². The number of ether oxygens (including phenoxy) is 1. The Bertz CT molecular complexity index is 809. The molecular formula is C20H27N5O2. The normalized spacial score (nSPS) is 17.5. The fourth-order valence-corrected chi connectivity index (χ4v) is 3.48. The topological polar surface area (TPSA) is 84.6 Å². The number of likely N-dealkylation sites (tertiary alicyclic amines) is 1. The van der Waals surface area contributed by atoms with Crippen molar-refractivity contribution in [2.24, 2.45) is 0 Å². The highest BCUT2D eigenvalue weighted by Gasteiger charge is 2.29. The van der Waals surface area contributed by atoms with E-state index in [0.29, 0.717) is 6.54 Å². The Morgan fingerprint density at radius 3 is 2.93 bits per heavy atom. The van der Waals surface area contributed by atoms with E-state index in [-0.39, 0.29) is 17.9 Å². The number of piperidine rings is 1. The molecule has 7 nitrogen and oxygen atoms in total. The van der Waals surface area contributed by atoms with E-state index in [1.165, 1.54) is 0 Å². The lowest BCUT2D eigenvalue weighted by Gasteiger charge is -2.36. The van der Waals surface area contributed by atoms with Crippen LogP contribution in [-0.2, 0) is 4.79 Å². The molecule has 0 spiro atoms. The summed E-state index contributed by atoms with van der Waals surface area (Å²) in [5, 5.41) is 0. The molecule has 1 aliphatic heterocycles. The summed E-state index contributed by atoms with van der Waals surface area (Å²) in [6.07, 6.45) is 4.88. The Morgan fingerprint density at radius 2 is 2.19 bits per heavy atom. The summed E-state index contributed by atoms with van der Waals surface area (Å²) in [7, 11) is 5.21. The van der Waals surface area contributed by atoms with Gasteiger partial charge in [0.25, 0.3) is 0 Å². The highest BCUT2D eigenvalue weighted by molar-refractivity contribution is 5.77. The minimum Gasteiger partial charge on any atom is -0.497 e. The number of hydrogen-bond donors (Lipinski definition) is 1. The second-order valence-electron chi connectivity index (χ2n) is 7.03. The number of benzene rings is 1. The van der Waals surface area contributed by atoms with Crippen LogP contribution in [0.25, 0.3) is 11.1 Å². The summed E-state index contributed by atoms with van der Waals surface area (Å²) in [6.45, 7) is 1.24. The maximum atomic E-state index is 12.3. The standard InChI is InChI=1S/C20H27N5O2/c1-24(2)18(26)13-25-10-5-4-9-17(25)19-16(12-22-20(21)23-19)14-7-6-8-15(11-14)27-3/h6-8,11-12,17H,4-5,9-10,13H2,1-3H3,(H2,21,22,23). The fourth-order valence-electron chi connectivity index (χ4n) is 3.48. The van der Waals surface area contributed by atoms with E-state index < -0.39 is 0 Å². The van der Waals surface area contributed by atoms with Crippen molar-refractivity contribution < 1.29 is 9.53 Å². The van der Waals surface area contributed by atoms with Gasteiger partial charge >= 0.3 is 0 Å². The average Bonchev–Trinajstić information content (AvgIpc) is 2.68. The molecule has 1 aliphatic rings. The molecule has 1 amide bonds. The quantitative estimate of drug-likeness (QED) is 0.871. The molecule has 2 heterocycles. The first-order valence-electron chi connectivity index (χ1n) is 9.20. The number of likely N-dealkylation sites (N-methyl/N-ethyl adjacent to an activating group) is 1. The molecule has 0 aliphatic carbocycles. The Kier molecular flexibility index (Phi) is 5.91. The molecule has 27 heavy (non-hydrogen) atoms. The van der Waals surface area contributed by atoms with Gasteiger partial charge in [-0.2, -0.15) is 0 Å². The molecule has 0 saturated carbocycles. The number of anilines is 1. The SMILES string of the molecule is COc1cccc(-c2cnc(N)nc2C2CCCCN2CC(=O)N(C)C)c1. The molecule has 3 rings (SSSR count). The summed E-state index contributed by atoms with van der Waals surface area (Å²) >= 11 is 0. The van der Waals surface area contributed by atoms with Crippen molar-refractivity contribution in [1.82, 2.24) is 19.8 Å². The minimum atomic E-state index is 0.0363. The molecule has 2 aromatic rings. The lowest BCUT2D eigenvalue weighted by molar-refractivity contribution is -0.130. The van der Waals surface area contributed by atoms with Crippen molar-refractivity contribution in [3.8, 4) is 16.9 Å². The number of methoxy groups -OCH3 is 1. The van der Waals surface area contributed by atoms with E-state index in [9.17, 15) is 4.79 Å². The zero-order chi connectivity index (χ0) is 19.4. The predicted molar refractivity (Wildman–Crippen MR) is 105 cm³/mol. The van der Waals surface area contributed by atoms with Crippen molar-refractivity contribution in [2.45, 2.75) is 25.3 Å². The predicted octanol–water partition coefficient (Wildman–Crippen LogP) is 2.35. The van der Waals surface area contributed by atoms with E-state index in [1.807, 2.05) is 24.3 Å². The molecule has 0 bridgehead atoms. The van der Waals surface area contributed by atoms with Gasteiger partial charge in [-0.05, 0) is 37.1 Å². The van der Waals surface area contributed by atoms with Crippen LogP contribution in [0.3, 0.4) is 0 Å². The number of aromatic nitrogens is 2. The summed E-state index contributed by atoms with van der Waals surface area (Å²) in [5.74, 6) is 1.12. The molecule has 7 heteroatoms. The van der Waals surface area contributed by atoms with Gasteiger partial charge < -0.3 is 15.4 Å². The molecule has 1 unspecified atom stereocenters. The van der Waals surface area contributed by atoms with E-state index in [1.54, 1.807) is 32.3 Å². The first-order valence-corrected chi connectivity index (χ1v) is 9.20. The van der Waals surface area contributed by atoms with Gasteiger partial charge in [-0.15, -0.1) is 0 Å². The summed E-state index contributed by atoms with van der Waals surface area (Å²) in [4.78, 5) is 24.9. The summed E-state index contributed by atoms with van der Waals surface area (Å²) in [6, 6.07) is 7.87. The van der Waals surface area contributed by atoms with Gasteiger partial charge in [0.1, 0.15) is 5.75 Å². The van der Waals surface area contributed by atoms with Crippen LogP contribution >= 0.6 is 0 Å². The second-order valence-corrected chi connectivity index (χ2v) is 7.03. The lowest BCUT2D eigenvalue weighted by atomic mass is 9.93. The van der Waals surface area contributed by atoms with Crippen molar-refractivity contribution in [3.63, 3.8) is 0 Å². The van der Waals surface area contributed by atoms with Crippen molar-refractivity contribution >= 4 is 11.9 Å². The summed E-state index contributed by atoms with van der Waals surface area (Å²) in [5.41, 5.74) is 8.71. The molecule has 1 atom stereocenters. The third kappa shape index (κ3) is 4.36. The first-order chi connectivity index (χ1) is 13.0. The smallest absolute Gasteiger partial charge is 0.236 e. The Hall–Kier alpha value is -2.67. The minimum absolute atomic E-state index is 0.0363. The molecular weight excluding hydrogens is 342 g/mol. The first kappa shape index (κ1) is 19.1. The highest BCUT2D eigenvalue weighted by Crippen LogP contribution is 2.36. The van der Waals surface area contributed by atoms with Gasteiger partial charge in [-0.25, -0.2) is 9.97 Å². The monoisotopic (exact) mass is 369 g/mol. The van der Waals surface area contributed by atoms with Crippen LogP contribution in [0.15, 0.2) is 30.5 Å². The van der Waals surface area contributed by atoms with Crippen LogP contribution in [0.4, 0.5) is 5.95 Å². The van der Waals surface area contributed by atoms with Crippen molar-refractivity contribution in [1.29, 1.82) is 0 Å². The number of carbonyl (C=O) groups excluding carboxylic acids is 1. The molecule has 1 saturated heterocycles. The third-order valence-electron chi connectivity index (χ3n) is 4.98. The Morgan fingerprint density at radius 1 is 1.37 bits per heavy atom. The van der Waals surface area contributed by atoms with Gasteiger partial charge in [0.05, 0.1) is 25.4 Å². The van der Waals surface area contributed by atoms with Crippen LogP contribution < -0.4 is 10.5 Å². The molecule has 2 N–H and O–H groups in total. The Labute approximate surface area is 160 Å². The number of amides is 1. The number of nitrogens with two attached hydrogens (primary N) is 1. The maximum Gasteiger partial charge on any atom is 0.236 e. The zero-order valence-electron chi connectivity index (χ0n) is 16.2. The van der Waals surface area contributed by atoms with Gasteiger partial charge in [0, 0.05) is 25.9 Å². The number of hydrogen-bond acceptors (Lipinski definition) is 6. The van der Waals surface area contributed by atoms with Crippen LogP contribution in [0.1, 0.15) is 31.0 Å². The molecule has 1 fully saturated rings. The Balaban J connectivity index is 2.00. The van der Waals surface area contributed by atoms with Gasteiger partial charge in [-0.3, -0.25) is 9.69 Å². The lowest BCUT2D eigenvalue weighted by Crippen LogP contribution is -2.41. The fraction of sp³-hybridized carbons (Fsp3) is 0.450. The van der Waals surface area contributed by atoms with E-state index in [0.717, 1.165) is 48.4 Å². The maximum absolute atomic E-state index is 12.3. The van der Waals surface area contributed by atoms with E-state index in [2.05, 4.69) is 14.9 Å². The number of carbonyl (C=O) groups is 1. The van der Waals surface area contributed by atoms with Crippen LogP contribution in [0.5, 0.6) is 5.75 Å². The molecule has 1 aromatic carbocycles. The van der Waals surface area contributed by atoms with Crippen LogP contribution in [0.2, 0.25) is 0 Å². The number of nitrogen functional groups attached to an aromatic ring is 1. The van der Waals surface area contributed by atoms with Gasteiger partial charge in [0.15, 0.2) is 0 Å². The van der Waals surface area contributed by atoms with Gasteiger partial charge in [0.2, 0.25) is 11.9 Å².